The number of hydrogen-bond acceptors (Lipinski definition) is 5. The molecule has 3 aromatic heterocycles. The molecule has 0 unspecified atom stereocenters. The summed E-state index contributed by atoms with van der Waals surface area (Å²) in [6.07, 6.45) is -3.07. The van der Waals surface area contributed by atoms with Gasteiger partial charge < -0.3 is 10.6 Å². The van der Waals surface area contributed by atoms with Crippen LogP contribution in [0, 0.1) is 6.92 Å². The van der Waals surface area contributed by atoms with Gasteiger partial charge in [-0.1, -0.05) is 6.07 Å². The van der Waals surface area contributed by atoms with Crippen LogP contribution in [0.25, 0.3) is 0 Å². The molecule has 0 aliphatic carbocycles. The van der Waals surface area contributed by atoms with Gasteiger partial charge in [0.2, 0.25) is 0 Å². The SMILES string of the molecule is Cc1c(CNC(=O)c2nn3c(c2Br)N[C@H](c2cccs2)C[C@H]3C(F)(F)F)cnn1C. The Kier molecular flexibility index (Phi) is 5.39. The molecule has 160 valence electrons. The molecule has 7 nitrogen and oxygen atoms in total. The number of aromatic nitrogens is 4. The van der Waals surface area contributed by atoms with E-state index in [9.17, 15) is 18.0 Å². The minimum absolute atomic E-state index is 0.0971. The largest absolute Gasteiger partial charge is 0.410 e. The topological polar surface area (TPSA) is 76.8 Å². The third kappa shape index (κ3) is 3.73. The minimum Gasteiger partial charge on any atom is -0.362 e. The number of aryl methyl sites for hydroxylation is 1. The Morgan fingerprint density at radius 2 is 2.23 bits per heavy atom. The zero-order chi connectivity index (χ0) is 21.6. The minimum atomic E-state index is -4.50. The number of thiophene rings is 1. The Morgan fingerprint density at radius 1 is 1.47 bits per heavy atom. The van der Waals surface area contributed by atoms with Gasteiger partial charge in [-0.3, -0.25) is 9.48 Å². The Labute approximate surface area is 182 Å². The first-order valence-electron chi connectivity index (χ1n) is 9.07. The van der Waals surface area contributed by atoms with E-state index in [4.69, 9.17) is 0 Å². The molecule has 0 aromatic carbocycles. The molecular weight excluding hydrogens is 485 g/mol. The summed E-state index contributed by atoms with van der Waals surface area (Å²) in [6, 6.07) is 1.23. The monoisotopic (exact) mass is 502 g/mol. The van der Waals surface area contributed by atoms with Crippen molar-refractivity contribution < 1.29 is 18.0 Å². The van der Waals surface area contributed by atoms with E-state index in [2.05, 4.69) is 36.8 Å². The lowest BCUT2D eigenvalue weighted by atomic mass is 10.0. The van der Waals surface area contributed by atoms with Crippen molar-refractivity contribution in [3.8, 4) is 0 Å². The van der Waals surface area contributed by atoms with E-state index in [1.165, 1.54) is 11.3 Å². The van der Waals surface area contributed by atoms with Crippen LogP contribution in [-0.2, 0) is 13.6 Å². The average Bonchev–Trinajstić information content (AvgIpc) is 3.41. The number of amides is 1. The molecule has 1 aliphatic heterocycles. The molecule has 0 fully saturated rings. The fourth-order valence-electron chi connectivity index (χ4n) is 3.39. The molecule has 1 aliphatic rings. The molecule has 3 aromatic rings. The number of rotatable bonds is 4. The van der Waals surface area contributed by atoms with Crippen molar-refractivity contribution in [2.45, 2.75) is 38.1 Å². The average molecular weight is 503 g/mol. The van der Waals surface area contributed by atoms with Crippen molar-refractivity contribution in [3.63, 3.8) is 0 Å². The van der Waals surface area contributed by atoms with E-state index < -0.39 is 24.2 Å². The molecule has 30 heavy (non-hydrogen) atoms. The normalized spacial score (nSPS) is 18.7. The lowest BCUT2D eigenvalue weighted by Crippen LogP contribution is -2.35. The van der Waals surface area contributed by atoms with Gasteiger partial charge in [0, 0.05) is 36.1 Å². The maximum absolute atomic E-state index is 13.8. The van der Waals surface area contributed by atoms with Crippen molar-refractivity contribution in [1.29, 1.82) is 0 Å². The van der Waals surface area contributed by atoms with Crippen LogP contribution in [0.4, 0.5) is 19.0 Å². The Hall–Kier alpha value is -2.34. The Morgan fingerprint density at radius 3 is 2.83 bits per heavy atom. The number of carbonyl (C=O) groups excluding carboxylic acids is 1. The van der Waals surface area contributed by atoms with E-state index in [0.29, 0.717) is 0 Å². The fraction of sp³-hybridized carbons (Fsp3) is 0.389. The van der Waals surface area contributed by atoms with Gasteiger partial charge in [0.15, 0.2) is 11.7 Å². The van der Waals surface area contributed by atoms with Crippen molar-refractivity contribution in [3.05, 3.63) is 50.0 Å². The second kappa shape index (κ2) is 7.73. The maximum Gasteiger partial charge on any atom is 0.410 e. The highest BCUT2D eigenvalue weighted by Crippen LogP contribution is 2.46. The van der Waals surface area contributed by atoms with E-state index in [1.807, 2.05) is 12.3 Å². The lowest BCUT2D eigenvalue weighted by molar-refractivity contribution is -0.173. The summed E-state index contributed by atoms with van der Waals surface area (Å²) in [5.74, 6) is -0.424. The van der Waals surface area contributed by atoms with Crippen molar-refractivity contribution in [1.82, 2.24) is 24.9 Å². The summed E-state index contributed by atoms with van der Waals surface area (Å²) in [6.45, 7) is 2.06. The van der Waals surface area contributed by atoms with Crippen LogP contribution < -0.4 is 10.6 Å². The van der Waals surface area contributed by atoms with Crippen LogP contribution in [0.2, 0.25) is 0 Å². The summed E-state index contributed by atoms with van der Waals surface area (Å²) in [4.78, 5) is 13.5. The molecule has 4 rings (SSSR count). The summed E-state index contributed by atoms with van der Waals surface area (Å²) in [7, 11) is 1.79. The molecular formula is C18H18BrF3N6OS. The predicted molar refractivity (Wildman–Crippen MR) is 109 cm³/mol. The van der Waals surface area contributed by atoms with Crippen molar-refractivity contribution in [2.24, 2.45) is 7.05 Å². The van der Waals surface area contributed by atoms with Crippen LogP contribution in [0.15, 0.2) is 28.2 Å². The number of halogens is 4. The van der Waals surface area contributed by atoms with E-state index in [1.54, 1.807) is 30.1 Å². The zero-order valence-corrected chi connectivity index (χ0v) is 18.4. The number of fused-ring (bicyclic) bond motifs is 1. The van der Waals surface area contributed by atoms with E-state index >= 15 is 0 Å². The third-order valence-corrected chi connectivity index (χ3v) is 6.91. The molecule has 0 saturated heterocycles. The summed E-state index contributed by atoms with van der Waals surface area (Å²) >= 11 is 4.66. The number of carbonyl (C=O) groups is 1. The first kappa shape index (κ1) is 20.9. The van der Waals surface area contributed by atoms with Crippen molar-refractivity contribution in [2.75, 3.05) is 5.32 Å². The highest BCUT2D eigenvalue weighted by molar-refractivity contribution is 9.10. The number of hydrogen-bond donors (Lipinski definition) is 2. The molecule has 0 bridgehead atoms. The van der Waals surface area contributed by atoms with Crippen LogP contribution in [0.5, 0.6) is 0 Å². The second-order valence-electron chi connectivity index (χ2n) is 7.02. The highest BCUT2D eigenvalue weighted by Gasteiger charge is 2.48. The molecule has 0 spiro atoms. The van der Waals surface area contributed by atoms with Crippen LogP contribution in [0.1, 0.15) is 45.1 Å². The van der Waals surface area contributed by atoms with Gasteiger partial charge >= 0.3 is 6.18 Å². The Balaban J connectivity index is 1.63. The van der Waals surface area contributed by atoms with Gasteiger partial charge in [0.05, 0.1) is 16.7 Å². The summed E-state index contributed by atoms with van der Waals surface area (Å²) in [5.41, 5.74) is 1.60. The summed E-state index contributed by atoms with van der Waals surface area (Å²) < 4.78 is 44.1. The molecule has 1 amide bonds. The smallest absolute Gasteiger partial charge is 0.362 e. The molecule has 2 atom stereocenters. The molecule has 2 N–H and O–H groups in total. The van der Waals surface area contributed by atoms with Crippen molar-refractivity contribution >= 4 is 39.0 Å². The maximum atomic E-state index is 13.8. The fourth-order valence-corrected chi connectivity index (χ4v) is 4.73. The number of nitrogens with zero attached hydrogens (tertiary/aromatic N) is 4. The van der Waals surface area contributed by atoms with Gasteiger partial charge in [0.25, 0.3) is 5.91 Å². The van der Waals surface area contributed by atoms with E-state index in [-0.39, 0.29) is 29.0 Å². The molecule has 0 saturated carbocycles. The van der Waals surface area contributed by atoms with E-state index in [0.717, 1.165) is 20.8 Å². The van der Waals surface area contributed by atoms with Gasteiger partial charge in [-0.05, 0) is 34.3 Å². The quantitative estimate of drug-likeness (QED) is 0.556. The number of alkyl halides is 3. The van der Waals surface area contributed by atoms with Gasteiger partial charge in [-0.15, -0.1) is 11.3 Å². The first-order chi connectivity index (χ1) is 14.2. The van der Waals surface area contributed by atoms with Gasteiger partial charge in [0.1, 0.15) is 5.82 Å². The van der Waals surface area contributed by atoms with Crippen LogP contribution in [0.3, 0.4) is 0 Å². The second-order valence-corrected chi connectivity index (χ2v) is 8.79. The summed E-state index contributed by atoms with van der Waals surface area (Å²) in [5, 5.41) is 15.7. The zero-order valence-electron chi connectivity index (χ0n) is 16.0. The predicted octanol–water partition coefficient (Wildman–Crippen LogP) is 4.34. The third-order valence-electron chi connectivity index (χ3n) is 5.17. The standard InChI is InChI=1S/C18H18BrF3N6OS/c1-9-10(8-24-27(9)2)7-23-17(29)15-14(19)16-25-11(12-4-3-5-30-12)6-13(18(20,21)22)28(16)26-15/h3-5,8,11,13,25H,6-7H2,1-2H3,(H,23,29)/t11-,13-/m0/s1. The first-order valence-corrected chi connectivity index (χ1v) is 10.7. The molecule has 4 heterocycles. The number of nitrogens with one attached hydrogen (secondary N) is 2. The van der Waals surface area contributed by atoms with Crippen LogP contribution in [-0.4, -0.2) is 31.6 Å². The van der Waals surface area contributed by atoms with Gasteiger partial charge in [-0.2, -0.15) is 23.4 Å². The number of anilines is 1. The lowest BCUT2D eigenvalue weighted by Gasteiger charge is -2.33. The Bertz CT molecular complexity index is 1070. The highest BCUT2D eigenvalue weighted by atomic mass is 79.9. The van der Waals surface area contributed by atoms with Crippen LogP contribution >= 0.6 is 27.3 Å². The molecule has 0 radical (unpaired) electrons. The van der Waals surface area contributed by atoms with Gasteiger partial charge in [-0.25, -0.2) is 4.68 Å². The molecule has 12 heteroatoms.